The number of methoxy groups -OCH3 is 1. The molecule has 1 fully saturated rings. The summed E-state index contributed by atoms with van der Waals surface area (Å²) in [6.45, 7) is 9.93. The minimum atomic E-state index is -0.442. The molecule has 1 unspecified atom stereocenters. The van der Waals surface area contributed by atoms with Crippen LogP contribution in [0.4, 0.5) is 4.79 Å². The molecule has 1 heterocycles. The van der Waals surface area contributed by atoms with Crippen LogP contribution in [0.25, 0.3) is 6.08 Å². The number of piperidine rings is 1. The van der Waals surface area contributed by atoms with Crippen LogP contribution >= 0.6 is 0 Å². The van der Waals surface area contributed by atoms with Gasteiger partial charge in [-0.05, 0) is 64.2 Å². The Balaban J connectivity index is 1.69. The van der Waals surface area contributed by atoms with Crippen molar-refractivity contribution in [3.05, 3.63) is 35.9 Å². The molecule has 1 saturated heterocycles. The van der Waals surface area contributed by atoms with Crippen molar-refractivity contribution in [1.82, 2.24) is 4.90 Å². The van der Waals surface area contributed by atoms with Crippen molar-refractivity contribution in [2.24, 2.45) is 5.92 Å². The van der Waals surface area contributed by atoms with Gasteiger partial charge in [-0.1, -0.05) is 24.3 Å². The maximum atomic E-state index is 12.1. The summed E-state index contributed by atoms with van der Waals surface area (Å²) in [6.07, 6.45) is 5.88. The summed E-state index contributed by atoms with van der Waals surface area (Å²) in [7, 11) is 1.67. The van der Waals surface area contributed by atoms with E-state index in [1.165, 1.54) is 0 Å². The van der Waals surface area contributed by atoms with Gasteiger partial charge in [-0.3, -0.25) is 0 Å². The topological polar surface area (TPSA) is 48.0 Å². The lowest BCUT2D eigenvalue weighted by atomic mass is 9.98. The van der Waals surface area contributed by atoms with Gasteiger partial charge in [0.05, 0.1) is 19.8 Å². The molecule has 1 aliphatic rings. The largest absolute Gasteiger partial charge is 0.497 e. The zero-order chi connectivity index (χ0) is 19.9. The van der Waals surface area contributed by atoms with Gasteiger partial charge >= 0.3 is 6.09 Å². The van der Waals surface area contributed by atoms with Crippen LogP contribution in [0.15, 0.2) is 30.3 Å². The van der Waals surface area contributed by atoms with Gasteiger partial charge in [0, 0.05) is 13.1 Å². The molecule has 1 aromatic rings. The fourth-order valence-electron chi connectivity index (χ4n) is 2.91. The van der Waals surface area contributed by atoms with Crippen molar-refractivity contribution < 1.29 is 19.0 Å². The summed E-state index contributed by atoms with van der Waals surface area (Å²) in [5.41, 5.74) is 0.680. The van der Waals surface area contributed by atoms with Crippen LogP contribution in [-0.4, -0.2) is 49.5 Å². The second kappa shape index (κ2) is 9.79. The highest BCUT2D eigenvalue weighted by Gasteiger charge is 2.27. The van der Waals surface area contributed by atoms with E-state index < -0.39 is 5.60 Å². The Labute approximate surface area is 163 Å². The molecular formula is C22H33NO4. The number of hydrogen-bond donors (Lipinski definition) is 0. The quantitative estimate of drug-likeness (QED) is 0.719. The predicted octanol–water partition coefficient (Wildman–Crippen LogP) is 4.76. The molecular weight excluding hydrogens is 342 g/mol. The molecule has 0 saturated carbocycles. The Hall–Kier alpha value is -2.01. The number of amides is 1. The van der Waals surface area contributed by atoms with E-state index in [1.54, 1.807) is 12.0 Å². The van der Waals surface area contributed by atoms with Gasteiger partial charge < -0.3 is 19.1 Å². The van der Waals surface area contributed by atoms with Gasteiger partial charge in [-0.25, -0.2) is 4.79 Å². The van der Waals surface area contributed by atoms with E-state index in [0.29, 0.717) is 5.92 Å². The summed E-state index contributed by atoms with van der Waals surface area (Å²) < 4.78 is 16.6. The van der Waals surface area contributed by atoms with Crippen molar-refractivity contribution in [1.29, 1.82) is 0 Å². The van der Waals surface area contributed by atoms with E-state index in [9.17, 15) is 4.79 Å². The number of carbonyl (C=O) groups excluding carboxylic acids is 1. The van der Waals surface area contributed by atoms with Gasteiger partial charge in [-0.15, -0.1) is 0 Å². The van der Waals surface area contributed by atoms with Crippen LogP contribution in [0.3, 0.4) is 0 Å². The van der Waals surface area contributed by atoms with E-state index in [4.69, 9.17) is 14.2 Å². The molecule has 150 valence electrons. The van der Waals surface area contributed by atoms with E-state index >= 15 is 0 Å². The summed E-state index contributed by atoms with van der Waals surface area (Å²) in [4.78, 5) is 13.9. The van der Waals surface area contributed by atoms with Crippen LogP contribution in [0.2, 0.25) is 0 Å². The second-order valence-corrected chi connectivity index (χ2v) is 8.08. The first kappa shape index (κ1) is 21.3. The molecule has 0 N–H and O–H groups in total. The summed E-state index contributed by atoms with van der Waals surface area (Å²) in [6, 6.07) is 7.94. The third-order valence-electron chi connectivity index (χ3n) is 4.54. The number of carbonyl (C=O) groups is 1. The first-order valence-electron chi connectivity index (χ1n) is 9.68. The molecule has 5 heteroatoms. The van der Waals surface area contributed by atoms with E-state index in [2.05, 4.69) is 19.1 Å². The smallest absolute Gasteiger partial charge is 0.410 e. The van der Waals surface area contributed by atoms with E-state index in [-0.39, 0.29) is 12.2 Å². The molecule has 2 rings (SSSR count). The molecule has 0 radical (unpaired) electrons. The Morgan fingerprint density at radius 1 is 1.22 bits per heavy atom. The van der Waals surface area contributed by atoms with E-state index in [1.807, 2.05) is 45.0 Å². The highest BCUT2D eigenvalue weighted by atomic mass is 16.6. The van der Waals surface area contributed by atoms with Gasteiger partial charge in [0.15, 0.2) is 0 Å². The Morgan fingerprint density at radius 2 is 1.85 bits per heavy atom. The standard InChI is InChI=1S/C22H33NO4/c1-17(6-7-18-8-10-20(25-5)11-9-18)26-16-19-12-14-23(15-13-19)21(24)27-22(2,3)4/h6-11,17,19H,12-16H2,1-5H3/b7-6+. The molecule has 1 amide bonds. The molecule has 0 aromatic heterocycles. The van der Waals surface area contributed by atoms with Gasteiger partial charge in [-0.2, -0.15) is 0 Å². The Bertz CT molecular complexity index is 610. The second-order valence-electron chi connectivity index (χ2n) is 8.08. The molecule has 1 aliphatic heterocycles. The van der Waals surface area contributed by atoms with E-state index in [0.717, 1.165) is 43.9 Å². The van der Waals surface area contributed by atoms with Crippen molar-refractivity contribution in [3.63, 3.8) is 0 Å². The van der Waals surface area contributed by atoms with Gasteiger partial charge in [0.1, 0.15) is 11.4 Å². The third-order valence-corrected chi connectivity index (χ3v) is 4.54. The number of nitrogens with zero attached hydrogens (tertiary/aromatic N) is 1. The monoisotopic (exact) mass is 375 g/mol. The van der Waals surface area contributed by atoms with Gasteiger partial charge in [0.25, 0.3) is 0 Å². The minimum Gasteiger partial charge on any atom is -0.497 e. The maximum absolute atomic E-state index is 12.1. The van der Waals surface area contributed by atoms with Crippen LogP contribution in [-0.2, 0) is 9.47 Å². The van der Waals surface area contributed by atoms with Crippen LogP contribution in [0.5, 0.6) is 5.75 Å². The normalized spacial score (nSPS) is 17.1. The van der Waals surface area contributed by atoms with Crippen molar-refractivity contribution in [2.45, 2.75) is 52.2 Å². The molecule has 1 atom stereocenters. The predicted molar refractivity (Wildman–Crippen MR) is 108 cm³/mol. The Morgan fingerprint density at radius 3 is 2.41 bits per heavy atom. The maximum Gasteiger partial charge on any atom is 0.410 e. The molecule has 0 aliphatic carbocycles. The molecule has 1 aromatic carbocycles. The highest BCUT2D eigenvalue weighted by Crippen LogP contribution is 2.20. The van der Waals surface area contributed by atoms with Gasteiger partial charge in [0.2, 0.25) is 0 Å². The average molecular weight is 376 g/mol. The fraction of sp³-hybridized carbons (Fsp3) is 0.591. The van der Waals surface area contributed by atoms with Crippen LogP contribution in [0.1, 0.15) is 46.1 Å². The summed E-state index contributed by atoms with van der Waals surface area (Å²) in [5, 5.41) is 0. The lowest BCUT2D eigenvalue weighted by molar-refractivity contribution is 0.00804. The summed E-state index contributed by atoms with van der Waals surface area (Å²) in [5.74, 6) is 1.34. The van der Waals surface area contributed by atoms with Crippen molar-refractivity contribution >= 4 is 12.2 Å². The first-order valence-corrected chi connectivity index (χ1v) is 9.68. The Kier molecular flexibility index (Phi) is 7.72. The highest BCUT2D eigenvalue weighted by molar-refractivity contribution is 5.68. The van der Waals surface area contributed by atoms with Crippen molar-refractivity contribution in [2.75, 3.05) is 26.8 Å². The molecule has 0 spiro atoms. The lowest BCUT2D eigenvalue weighted by Gasteiger charge is -2.33. The zero-order valence-corrected chi connectivity index (χ0v) is 17.2. The lowest BCUT2D eigenvalue weighted by Crippen LogP contribution is -2.42. The zero-order valence-electron chi connectivity index (χ0n) is 17.2. The first-order chi connectivity index (χ1) is 12.8. The number of likely N-dealkylation sites (tertiary alicyclic amines) is 1. The number of hydrogen-bond acceptors (Lipinski definition) is 4. The number of rotatable bonds is 6. The summed E-state index contributed by atoms with van der Waals surface area (Å²) >= 11 is 0. The fourth-order valence-corrected chi connectivity index (χ4v) is 2.91. The number of benzene rings is 1. The van der Waals surface area contributed by atoms with Crippen molar-refractivity contribution in [3.8, 4) is 5.75 Å². The van der Waals surface area contributed by atoms with Crippen LogP contribution in [0, 0.1) is 5.92 Å². The SMILES string of the molecule is COc1ccc(/C=C/C(C)OCC2CCN(C(=O)OC(C)(C)C)CC2)cc1. The number of ether oxygens (including phenoxy) is 3. The molecule has 5 nitrogen and oxygen atoms in total. The average Bonchev–Trinajstić information content (AvgIpc) is 2.64. The minimum absolute atomic E-state index is 0.0518. The third kappa shape index (κ3) is 7.63. The molecule has 27 heavy (non-hydrogen) atoms. The van der Waals surface area contributed by atoms with Crippen LogP contribution < -0.4 is 4.74 Å². The molecule has 0 bridgehead atoms.